The van der Waals surface area contributed by atoms with Crippen molar-refractivity contribution < 1.29 is 19.4 Å². The Morgan fingerprint density at radius 3 is 2.92 bits per heavy atom. The number of rotatable bonds is 4. The molecule has 0 atom stereocenters. The van der Waals surface area contributed by atoms with Gasteiger partial charge in [-0.3, -0.25) is 0 Å². The van der Waals surface area contributed by atoms with Crippen LogP contribution in [-0.2, 0) is 4.74 Å². The van der Waals surface area contributed by atoms with E-state index in [9.17, 15) is 4.79 Å². The van der Waals surface area contributed by atoms with E-state index in [-0.39, 0.29) is 11.7 Å². The highest BCUT2D eigenvalue weighted by Gasteiger charge is 2.14. The van der Waals surface area contributed by atoms with Crippen LogP contribution in [0, 0.1) is 6.92 Å². The van der Waals surface area contributed by atoms with Crippen LogP contribution in [0.15, 0.2) is 6.07 Å². The molecule has 72 valence electrons. The molecule has 0 radical (unpaired) electrons. The van der Waals surface area contributed by atoms with E-state index in [0.717, 1.165) is 4.88 Å². The van der Waals surface area contributed by atoms with Crippen molar-refractivity contribution in [2.75, 3.05) is 13.9 Å². The Balaban J connectivity index is 2.84. The van der Waals surface area contributed by atoms with Crippen molar-refractivity contribution in [1.82, 2.24) is 0 Å². The molecule has 0 saturated heterocycles. The second-order valence-corrected chi connectivity index (χ2v) is 3.66. The Morgan fingerprint density at radius 2 is 2.38 bits per heavy atom. The fraction of sp³-hybridized carbons (Fsp3) is 0.375. The lowest BCUT2D eigenvalue weighted by atomic mass is 10.4. The van der Waals surface area contributed by atoms with Crippen LogP contribution in [-0.4, -0.2) is 25.0 Å². The molecule has 0 aliphatic heterocycles. The smallest absolute Gasteiger partial charge is 0.349 e. The molecule has 0 aliphatic rings. The number of aryl methyl sites for hydroxylation is 1. The monoisotopic (exact) mass is 202 g/mol. The van der Waals surface area contributed by atoms with E-state index >= 15 is 0 Å². The van der Waals surface area contributed by atoms with E-state index in [4.69, 9.17) is 9.84 Å². The summed E-state index contributed by atoms with van der Waals surface area (Å²) >= 11 is 1.19. The molecule has 1 heterocycles. The van der Waals surface area contributed by atoms with Gasteiger partial charge < -0.3 is 14.6 Å². The minimum atomic E-state index is -0.968. The van der Waals surface area contributed by atoms with Crippen LogP contribution in [0.25, 0.3) is 0 Å². The van der Waals surface area contributed by atoms with E-state index in [2.05, 4.69) is 4.74 Å². The molecule has 1 N–H and O–H groups in total. The van der Waals surface area contributed by atoms with Gasteiger partial charge in [-0.15, -0.1) is 11.3 Å². The van der Waals surface area contributed by atoms with Gasteiger partial charge in [0.05, 0.1) is 0 Å². The molecule has 1 aromatic heterocycles. The third kappa shape index (κ3) is 2.43. The topological polar surface area (TPSA) is 55.8 Å². The van der Waals surface area contributed by atoms with Crippen LogP contribution in [0.5, 0.6) is 5.75 Å². The molecular weight excluding hydrogens is 192 g/mol. The number of hydrogen-bond acceptors (Lipinski definition) is 4. The second-order valence-electron chi connectivity index (χ2n) is 2.41. The number of ether oxygens (including phenoxy) is 2. The van der Waals surface area contributed by atoms with Crippen LogP contribution < -0.4 is 4.74 Å². The summed E-state index contributed by atoms with van der Waals surface area (Å²) in [7, 11) is 1.49. The minimum Gasteiger partial charge on any atom is -0.477 e. The summed E-state index contributed by atoms with van der Waals surface area (Å²) in [5, 5.41) is 8.77. The average Bonchev–Trinajstić information content (AvgIpc) is 2.43. The minimum absolute atomic E-state index is 0.0659. The molecule has 0 amide bonds. The number of carboxylic acids is 1. The van der Waals surface area contributed by atoms with Crippen molar-refractivity contribution in [3.05, 3.63) is 15.8 Å². The maximum atomic E-state index is 10.7. The standard InChI is InChI=1S/C8H10O4S/c1-5-3-6(12-4-11-2)7(13-5)8(9)10/h3H,4H2,1-2H3,(H,9,10). The zero-order valence-electron chi connectivity index (χ0n) is 7.36. The molecule has 0 aliphatic carbocycles. The SMILES string of the molecule is COCOc1cc(C)sc1C(=O)O. The van der Waals surface area contributed by atoms with Crippen LogP contribution in [0.1, 0.15) is 14.5 Å². The number of carbonyl (C=O) groups is 1. The summed E-state index contributed by atoms with van der Waals surface area (Å²) in [5.41, 5.74) is 0. The van der Waals surface area contributed by atoms with E-state index in [1.807, 2.05) is 6.92 Å². The lowest BCUT2D eigenvalue weighted by Gasteiger charge is -2.01. The quantitative estimate of drug-likeness (QED) is 0.755. The number of thiophene rings is 1. The Hall–Kier alpha value is -1.07. The molecule has 5 heteroatoms. The lowest BCUT2D eigenvalue weighted by Crippen LogP contribution is -2.02. The number of hydrogen-bond donors (Lipinski definition) is 1. The maximum Gasteiger partial charge on any atom is 0.349 e. The molecule has 1 aromatic rings. The fourth-order valence-corrected chi connectivity index (χ4v) is 1.66. The summed E-state index contributed by atoms with van der Waals surface area (Å²) in [4.78, 5) is 11.8. The summed E-state index contributed by atoms with van der Waals surface area (Å²) < 4.78 is 9.76. The van der Waals surface area contributed by atoms with Gasteiger partial charge in [0.15, 0.2) is 11.7 Å². The number of methoxy groups -OCH3 is 1. The first-order chi connectivity index (χ1) is 6.15. The highest BCUT2D eigenvalue weighted by atomic mass is 32.1. The third-order valence-corrected chi connectivity index (χ3v) is 2.37. The first kappa shape index (κ1) is 10.0. The first-order valence-electron chi connectivity index (χ1n) is 3.60. The van der Waals surface area contributed by atoms with Crippen LogP contribution in [0.3, 0.4) is 0 Å². The lowest BCUT2D eigenvalue weighted by molar-refractivity contribution is 0.0490. The molecule has 0 spiro atoms. The number of aromatic carboxylic acids is 1. The van der Waals surface area contributed by atoms with Gasteiger partial charge in [-0.05, 0) is 13.0 Å². The second kappa shape index (κ2) is 4.25. The Kier molecular flexibility index (Phi) is 3.27. The Bertz CT molecular complexity index is 305. The summed E-state index contributed by atoms with van der Waals surface area (Å²) in [6.07, 6.45) is 0. The summed E-state index contributed by atoms with van der Waals surface area (Å²) in [5.74, 6) is -0.596. The highest BCUT2D eigenvalue weighted by molar-refractivity contribution is 7.14. The largest absolute Gasteiger partial charge is 0.477 e. The normalized spacial score (nSPS) is 10.0. The molecule has 1 rings (SSSR count). The van der Waals surface area contributed by atoms with Crippen molar-refractivity contribution in [3.8, 4) is 5.75 Å². The maximum absolute atomic E-state index is 10.7. The summed E-state index contributed by atoms with van der Waals surface area (Å²) in [6.45, 7) is 1.90. The fourth-order valence-electron chi connectivity index (χ4n) is 0.870. The summed E-state index contributed by atoms with van der Waals surface area (Å²) in [6, 6.07) is 1.69. The van der Waals surface area contributed by atoms with Gasteiger partial charge in [0.1, 0.15) is 5.75 Å². The van der Waals surface area contributed by atoms with Gasteiger partial charge in [0.25, 0.3) is 0 Å². The molecule has 0 bridgehead atoms. The van der Waals surface area contributed by atoms with Gasteiger partial charge in [-0.1, -0.05) is 0 Å². The third-order valence-electron chi connectivity index (χ3n) is 1.35. The Morgan fingerprint density at radius 1 is 1.69 bits per heavy atom. The first-order valence-corrected chi connectivity index (χ1v) is 4.42. The predicted octanol–water partition coefficient (Wildman–Crippen LogP) is 1.74. The molecule has 0 aromatic carbocycles. The van der Waals surface area contributed by atoms with Gasteiger partial charge in [-0.2, -0.15) is 0 Å². The van der Waals surface area contributed by atoms with Gasteiger partial charge in [0, 0.05) is 12.0 Å². The van der Waals surface area contributed by atoms with Crippen LogP contribution in [0.2, 0.25) is 0 Å². The molecule has 4 nitrogen and oxygen atoms in total. The molecule has 0 saturated carbocycles. The van der Waals surface area contributed by atoms with E-state index in [1.54, 1.807) is 6.07 Å². The highest BCUT2D eigenvalue weighted by Crippen LogP contribution is 2.28. The van der Waals surface area contributed by atoms with E-state index in [0.29, 0.717) is 5.75 Å². The van der Waals surface area contributed by atoms with Gasteiger partial charge >= 0.3 is 5.97 Å². The molecule has 0 unspecified atom stereocenters. The van der Waals surface area contributed by atoms with Crippen molar-refractivity contribution >= 4 is 17.3 Å². The van der Waals surface area contributed by atoms with E-state index in [1.165, 1.54) is 18.4 Å². The van der Waals surface area contributed by atoms with Crippen molar-refractivity contribution in [2.45, 2.75) is 6.92 Å². The average molecular weight is 202 g/mol. The number of carboxylic acid groups (broad SMARTS) is 1. The molecular formula is C8H10O4S. The Labute approximate surface area is 79.7 Å². The van der Waals surface area contributed by atoms with Crippen molar-refractivity contribution in [3.63, 3.8) is 0 Å². The van der Waals surface area contributed by atoms with E-state index < -0.39 is 5.97 Å². The molecule has 13 heavy (non-hydrogen) atoms. The van der Waals surface area contributed by atoms with Gasteiger partial charge in [-0.25, -0.2) is 4.79 Å². The zero-order valence-corrected chi connectivity index (χ0v) is 8.18. The molecule has 0 fully saturated rings. The predicted molar refractivity (Wildman–Crippen MR) is 48.5 cm³/mol. The van der Waals surface area contributed by atoms with Crippen LogP contribution in [0.4, 0.5) is 0 Å². The van der Waals surface area contributed by atoms with Crippen LogP contribution >= 0.6 is 11.3 Å². The van der Waals surface area contributed by atoms with Crippen molar-refractivity contribution in [2.24, 2.45) is 0 Å². The zero-order chi connectivity index (χ0) is 9.84. The van der Waals surface area contributed by atoms with Gasteiger partial charge in [0.2, 0.25) is 0 Å². The van der Waals surface area contributed by atoms with Crippen molar-refractivity contribution in [1.29, 1.82) is 0 Å².